The number of hydrogen-bond donors (Lipinski definition) is 8. The van der Waals surface area contributed by atoms with Crippen LogP contribution in [0.1, 0.15) is 30.5 Å². The van der Waals surface area contributed by atoms with Crippen molar-refractivity contribution in [3.8, 4) is 0 Å². The molecule has 2 rings (SSSR count). The first kappa shape index (κ1) is 29.8. The highest BCUT2D eigenvalue weighted by atomic mass is 32.1. The molecule has 0 radical (unpaired) electrons. The molecular weight excluding hydrogens is 498 g/mol. The van der Waals surface area contributed by atoms with Crippen molar-refractivity contribution < 1.29 is 24.3 Å². The predicted octanol–water partition coefficient (Wildman–Crippen LogP) is -0.880. The van der Waals surface area contributed by atoms with Crippen molar-refractivity contribution in [2.45, 2.75) is 56.3 Å². The number of nitrogens with one attached hydrogen (secondary N) is 4. The van der Waals surface area contributed by atoms with E-state index in [2.05, 4.69) is 38.5 Å². The van der Waals surface area contributed by atoms with Gasteiger partial charge in [0.15, 0.2) is 0 Å². The Morgan fingerprint density at radius 1 is 0.946 bits per heavy atom. The van der Waals surface area contributed by atoms with Gasteiger partial charge in [0.2, 0.25) is 17.7 Å². The van der Waals surface area contributed by atoms with Crippen molar-refractivity contribution in [1.82, 2.24) is 25.9 Å². The molecule has 9 N–H and O–H groups in total. The van der Waals surface area contributed by atoms with Crippen LogP contribution in [0, 0.1) is 0 Å². The Morgan fingerprint density at radius 2 is 1.59 bits per heavy atom. The summed E-state index contributed by atoms with van der Waals surface area (Å²) in [6.07, 6.45) is 4.65. The number of amides is 3. The highest BCUT2D eigenvalue weighted by Crippen LogP contribution is 2.07. The van der Waals surface area contributed by atoms with Crippen LogP contribution in [0.2, 0.25) is 0 Å². The van der Waals surface area contributed by atoms with Gasteiger partial charge < -0.3 is 37.5 Å². The number of thiol groups is 1. The van der Waals surface area contributed by atoms with Crippen molar-refractivity contribution in [2.24, 2.45) is 11.5 Å². The van der Waals surface area contributed by atoms with E-state index < -0.39 is 47.9 Å². The van der Waals surface area contributed by atoms with E-state index in [1.165, 1.54) is 6.33 Å². The fourth-order valence-corrected chi connectivity index (χ4v) is 3.81. The summed E-state index contributed by atoms with van der Waals surface area (Å²) in [6, 6.07) is 4.67. The maximum Gasteiger partial charge on any atom is 0.326 e. The second-order valence-corrected chi connectivity index (χ2v) is 8.93. The van der Waals surface area contributed by atoms with Crippen LogP contribution in [0.5, 0.6) is 0 Å². The fourth-order valence-electron chi connectivity index (χ4n) is 3.55. The number of aliphatic carboxylic acids is 1. The molecule has 0 fully saturated rings. The van der Waals surface area contributed by atoms with E-state index in [1.807, 2.05) is 6.07 Å². The molecule has 1 heterocycles. The van der Waals surface area contributed by atoms with Gasteiger partial charge in [0.05, 0.1) is 12.4 Å². The van der Waals surface area contributed by atoms with Crippen LogP contribution in [-0.4, -0.2) is 75.2 Å². The molecule has 4 atom stereocenters. The quantitative estimate of drug-likeness (QED) is 0.100. The van der Waals surface area contributed by atoms with E-state index in [0.29, 0.717) is 25.1 Å². The second-order valence-electron chi connectivity index (χ2n) is 8.57. The maximum atomic E-state index is 13.0. The largest absolute Gasteiger partial charge is 0.480 e. The van der Waals surface area contributed by atoms with E-state index in [4.69, 9.17) is 11.5 Å². The molecule has 0 bridgehead atoms. The summed E-state index contributed by atoms with van der Waals surface area (Å²) in [6.45, 7) is 0.400. The van der Waals surface area contributed by atoms with Gasteiger partial charge in [-0.1, -0.05) is 30.3 Å². The Hall–Kier alpha value is -3.42. The van der Waals surface area contributed by atoms with E-state index in [-0.39, 0.29) is 25.0 Å². The minimum absolute atomic E-state index is 0.0444. The molecule has 0 saturated carbocycles. The zero-order valence-electron chi connectivity index (χ0n) is 20.4. The normalized spacial score (nSPS) is 14.1. The molecule has 13 heteroatoms. The summed E-state index contributed by atoms with van der Waals surface area (Å²) in [5.41, 5.74) is 12.9. The number of aromatic amines is 1. The molecule has 3 amide bonds. The van der Waals surface area contributed by atoms with Crippen molar-refractivity contribution in [3.05, 3.63) is 54.1 Å². The standard InChI is InChI=1S/C24H35N7O5S/c25-9-5-4-8-18(22(33)30-19(24(35)36)10-15-6-2-1-3-7-15)29-23(34)20(13-37)31-21(32)17(26)11-16-12-27-14-28-16/h1-3,6-7,12,14,17-20,37H,4-5,8-11,13,25-26H2,(H,27,28)(H,29,34)(H,30,33)(H,31,32)(H,35,36). The molecule has 0 aliphatic heterocycles. The number of imidazole rings is 1. The average molecular weight is 534 g/mol. The fraction of sp³-hybridized carbons (Fsp3) is 0.458. The number of aromatic nitrogens is 2. The Bertz CT molecular complexity index is 1010. The lowest BCUT2D eigenvalue weighted by Gasteiger charge is -2.24. The van der Waals surface area contributed by atoms with Crippen LogP contribution in [0.15, 0.2) is 42.9 Å². The number of H-pyrrole nitrogens is 1. The monoisotopic (exact) mass is 533 g/mol. The molecule has 0 spiro atoms. The van der Waals surface area contributed by atoms with Gasteiger partial charge >= 0.3 is 5.97 Å². The summed E-state index contributed by atoms with van der Waals surface area (Å²) in [4.78, 5) is 57.1. The second kappa shape index (κ2) is 15.6. The van der Waals surface area contributed by atoms with Gasteiger partial charge in [0, 0.05) is 30.5 Å². The topological polar surface area (TPSA) is 205 Å². The van der Waals surface area contributed by atoms with Crippen LogP contribution in [0.4, 0.5) is 0 Å². The number of carboxylic acid groups (broad SMARTS) is 1. The van der Waals surface area contributed by atoms with Gasteiger partial charge in [0.25, 0.3) is 0 Å². The number of hydrogen-bond acceptors (Lipinski definition) is 8. The SMILES string of the molecule is NCCCCC(NC(=O)C(CS)NC(=O)C(N)Cc1cnc[nH]1)C(=O)NC(Cc1ccccc1)C(=O)O. The third kappa shape index (κ3) is 10.2. The Labute approximate surface area is 220 Å². The molecule has 1 aromatic carbocycles. The minimum atomic E-state index is -1.20. The van der Waals surface area contributed by atoms with Crippen molar-refractivity contribution in [3.63, 3.8) is 0 Å². The molecular formula is C24H35N7O5S. The third-order valence-corrected chi connectivity index (χ3v) is 5.99. The van der Waals surface area contributed by atoms with Crippen LogP contribution >= 0.6 is 12.6 Å². The van der Waals surface area contributed by atoms with E-state index in [9.17, 15) is 24.3 Å². The molecule has 0 aliphatic carbocycles. The molecule has 0 aliphatic rings. The smallest absolute Gasteiger partial charge is 0.326 e. The maximum absolute atomic E-state index is 13.0. The highest BCUT2D eigenvalue weighted by Gasteiger charge is 2.30. The third-order valence-electron chi connectivity index (χ3n) is 5.62. The number of benzene rings is 1. The number of rotatable bonds is 16. The zero-order valence-corrected chi connectivity index (χ0v) is 21.3. The molecule has 1 aromatic heterocycles. The Morgan fingerprint density at radius 3 is 2.19 bits per heavy atom. The van der Waals surface area contributed by atoms with Gasteiger partial charge in [-0.2, -0.15) is 12.6 Å². The highest BCUT2D eigenvalue weighted by molar-refractivity contribution is 7.80. The number of unbranched alkanes of at least 4 members (excludes halogenated alkanes) is 1. The molecule has 37 heavy (non-hydrogen) atoms. The lowest BCUT2D eigenvalue weighted by Crippen LogP contribution is -2.58. The first-order valence-corrected chi connectivity index (χ1v) is 12.6. The molecule has 4 unspecified atom stereocenters. The van der Waals surface area contributed by atoms with E-state index in [0.717, 1.165) is 5.56 Å². The molecule has 2 aromatic rings. The lowest BCUT2D eigenvalue weighted by molar-refractivity contribution is -0.142. The van der Waals surface area contributed by atoms with E-state index in [1.54, 1.807) is 30.5 Å². The van der Waals surface area contributed by atoms with Gasteiger partial charge in [-0.25, -0.2) is 9.78 Å². The van der Waals surface area contributed by atoms with Gasteiger partial charge in [-0.15, -0.1) is 0 Å². The van der Waals surface area contributed by atoms with Crippen molar-refractivity contribution in [2.75, 3.05) is 12.3 Å². The van der Waals surface area contributed by atoms with Crippen LogP contribution < -0.4 is 27.4 Å². The van der Waals surface area contributed by atoms with Crippen LogP contribution in [-0.2, 0) is 32.0 Å². The summed E-state index contributed by atoms with van der Waals surface area (Å²) in [5.74, 6) is -3.09. The van der Waals surface area contributed by atoms with Crippen LogP contribution in [0.25, 0.3) is 0 Å². The van der Waals surface area contributed by atoms with Gasteiger partial charge in [-0.05, 0) is 31.4 Å². The van der Waals surface area contributed by atoms with E-state index >= 15 is 0 Å². The number of nitrogens with zero attached hydrogens (tertiary/aromatic N) is 1. The first-order valence-electron chi connectivity index (χ1n) is 12.0. The predicted molar refractivity (Wildman–Crippen MR) is 141 cm³/mol. The first-order chi connectivity index (χ1) is 17.7. The number of carboxylic acids is 1. The lowest BCUT2D eigenvalue weighted by atomic mass is 10.0. The zero-order chi connectivity index (χ0) is 27.2. The average Bonchev–Trinajstić information content (AvgIpc) is 3.39. The molecule has 0 saturated heterocycles. The number of carbonyl (C=O) groups is 4. The Balaban J connectivity index is 2.04. The van der Waals surface area contributed by atoms with Crippen molar-refractivity contribution >= 4 is 36.3 Å². The summed E-state index contributed by atoms with van der Waals surface area (Å²) < 4.78 is 0. The number of nitrogens with two attached hydrogens (primary N) is 2. The summed E-state index contributed by atoms with van der Waals surface area (Å²) in [7, 11) is 0. The van der Waals surface area contributed by atoms with Crippen molar-refractivity contribution in [1.29, 1.82) is 0 Å². The Kier molecular flexibility index (Phi) is 12.6. The summed E-state index contributed by atoms with van der Waals surface area (Å²) >= 11 is 4.16. The van der Waals surface area contributed by atoms with Crippen LogP contribution in [0.3, 0.4) is 0 Å². The molecule has 202 valence electrons. The molecule has 12 nitrogen and oxygen atoms in total. The minimum Gasteiger partial charge on any atom is -0.480 e. The summed E-state index contributed by atoms with van der Waals surface area (Å²) in [5, 5.41) is 17.3. The van der Waals surface area contributed by atoms with Gasteiger partial charge in [-0.3, -0.25) is 14.4 Å². The van der Waals surface area contributed by atoms with Gasteiger partial charge in [0.1, 0.15) is 18.1 Å². The number of carbonyl (C=O) groups excluding carboxylic acids is 3.